The van der Waals surface area contributed by atoms with E-state index < -0.39 is 0 Å². The molecule has 0 fully saturated rings. The Labute approximate surface area is 228 Å². The summed E-state index contributed by atoms with van der Waals surface area (Å²) < 4.78 is 0. The molecule has 0 N–H and O–H groups in total. The Morgan fingerprint density at radius 2 is 1.03 bits per heavy atom. The first-order valence-electron chi connectivity index (χ1n) is 13.6. The Morgan fingerprint density at radius 1 is 0.462 bits per heavy atom. The molecule has 1 aliphatic rings. The molecule has 0 aliphatic heterocycles. The molecular formula is C38H27N. The number of aromatic nitrogens is 1. The molecule has 0 spiro atoms. The normalized spacial score (nSPS) is 13.6. The van der Waals surface area contributed by atoms with Crippen LogP contribution in [0.4, 0.5) is 0 Å². The summed E-state index contributed by atoms with van der Waals surface area (Å²) in [4.78, 5) is 4.67. The average Bonchev–Trinajstić information content (AvgIpc) is 3.22. The standard InChI is InChI=1S/C38H27N/c1-38(2)34-20-8-7-14-26(34)31-18-10-19-32(37(31)38)36-29-16-6-5-15-28(29)35(30-21-22-39-23-33(30)36)27-17-9-12-24-11-3-4-13-25(24)27/h3-23H,1-2H3. The molecule has 7 aromatic rings. The molecule has 0 saturated carbocycles. The summed E-state index contributed by atoms with van der Waals surface area (Å²) in [6, 6.07) is 42.2. The van der Waals surface area contributed by atoms with E-state index in [1.165, 1.54) is 76.8 Å². The van der Waals surface area contributed by atoms with E-state index >= 15 is 0 Å². The molecule has 0 unspecified atom stereocenters. The summed E-state index contributed by atoms with van der Waals surface area (Å²) in [6.45, 7) is 4.74. The quantitative estimate of drug-likeness (QED) is 0.217. The van der Waals surface area contributed by atoms with Gasteiger partial charge in [0.2, 0.25) is 0 Å². The Kier molecular flexibility index (Phi) is 4.63. The van der Waals surface area contributed by atoms with Crippen molar-refractivity contribution in [2.75, 3.05) is 0 Å². The van der Waals surface area contributed by atoms with Gasteiger partial charge in [-0.1, -0.05) is 123 Å². The van der Waals surface area contributed by atoms with Gasteiger partial charge in [-0.15, -0.1) is 0 Å². The molecular weight excluding hydrogens is 470 g/mol. The molecule has 184 valence electrons. The zero-order chi connectivity index (χ0) is 26.1. The Bertz CT molecular complexity index is 2040. The molecule has 0 saturated heterocycles. The van der Waals surface area contributed by atoms with Crippen LogP contribution >= 0.6 is 0 Å². The van der Waals surface area contributed by atoms with Crippen molar-refractivity contribution >= 4 is 32.3 Å². The van der Waals surface area contributed by atoms with Crippen molar-refractivity contribution in [1.82, 2.24) is 4.98 Å². The number of hydrogen-bond acceptors (Lipinski definition) is 1. The highest BCUT2D eigenvalue weighted by atomic mass is 14.6. The minimum atomic E-state index is -0.105. The van der Waals surface area contributed by atoms with Crippen molar-refractivity contribution in [3.63, 3.8) is 0 Å². The van der Waals surface area contributed by atoms with Gasteiger partial charge in [0.1, 0.15) is 0 Å². The predicted molar refractivity (Wildman–Crippen MR) is 165 cm³/mol. The third-order valence-electron chi connectivity index (χ3n) is 8.73. The molecule has 0 radical (unpaired) electrons. The second-order valence-corrected chi connectivity index (χ2v) is 11.1. The van der Waals surface area contributed by atoms with Gasteiger partial charge in [-0.2, -0.15) is 0 Å². The summed E-state index contributed by atoms with van der Waals surface area (Å²) in [5.74, 6) is 0. The Balaban J connectivity index is 1.54. The lowest BCUT2D eigenvalue weighted by Gasteiger charge is -2.26. The topological polar surface area (TPSA) is 12.9 Å². The molecule has 1 aromatic heterocycles. The van der Waals surface area contributed by atoms with Crippen LogP contribution < -0.4 is 0 Å². The van der Waals surface area contributed by atoms with Gasteiger partial charge < -0.3 is 0 Å². The number of rotatable bonds is 2. The van der Waals surface area contributed by atoms with Crippen molar-refractivity contribution in [3.05, 3.63) is 139 Å². The molecule has 39 heavy (non-hydrogen) atoms. The van der Waals surface area contributed by atoms with E-state index in [2.05, 4.69) is 140 Å². The third kappa shape index (κ3) is 3.05. The van der Waals surface area contributed by atoms with E-state index in [9.17, 15) is 0 Å². The minimum Gasteiger partial charge on any atom is -0.264 e. The fraction of sp³-hybridized carbons (Fsp3) is 0.0789. The van der Waals surface area contributed by atoms with Gasteiger partial charge in [-0.25, -0.2) is 0 Å². The first-order chi connectivity index (χ1) is 19.1. The van der Waals surface area contributed by atoms with Crippen LogP contribution in [0.3, 0.4) is 0 Å². The molecule has 8 rings (SSSR count). The van der Waals surface area contributed by atoms with Crippen LogP contribution in [-0.4, -0.2) is 4.98 Å². The zero-order valence-corrected chi connectivity index (χ0v) is 22.1. The highest BCUT2D eigenvalue weighted by Crippen LogP contribution is 2.54. The lowest BCUT2D eigenvalue weighted by Crippen LogP contribution is -2.16. The predicted octanol–water partition coefficient (Wildman–Crippen LogP) is 10.2. The van der Waals surface area contributed by atoms with Crippen LogP contribution in [0.15, 0.2) is 128 Å². The summed E-state index contributed by atoms with van der Waals surface area (Å²) in [5.41, 5.74) is 10.5. The highest BCUT2D eigenvalue weighted by molar-refractivity contribution is 6.23. The minimum absolute atomic E-state index is 0.105. The number of fused-ring (bicyclic) bond motifs is 6. The van der Waals surface area contributed by atoms with Crippen LogP contribution in [0.25, 0.3) is 65.7 Å². The molecule has 0 amide bonds. The summed E-state index contributed by atoms with van der Waals surface area (Å²) in [7, 11) is 0. The monoisotopic (exact) mass is 497 g/mol. The van der Waals surface area contributed by atoms with Gasteiger partial charge >= 0.3 is 0 Å². The second-order valence-electron chi connectivity index (χ2n) is 11.1. The number of pyridine rings is 1. The Morgan fingerprint density at radius 3 is 1.87 bits per heavy atom. The van der Waals surface area contributed by atoms with Crippen LogP contribution in [0, 0.1) is 0 Å². The number of nitrogens with zero attached hydrogens (tertiary/aromatic N) is 1. The fourth-order valence-corrected chi connectivity index (χ4v) is 7.10. The van der Waals surface area contributed by atoms with E-state index in [4.69, 9.17) is 0 Å². The van der Waals surface area contributed by atoms with E-state index in [1.54, 1.807) is 0 Å². The fourth-order valence-electron chi connectivity index (χ4n) is 7.10. The summed E-state index contributed by atoms with van der Waals surface area (Å²) in [6.07, 6.45) is 4.00. The van der Waals surface area contributed by atoms with E-state index in [1.807, 2.05) is 6.20 Å². The van der Waals surface area contributed by atoms with Crippen molar-refractivity contribution in [2.24, 2.45) is 0 Å². The lowest BCUT2D eigenvalue weighted by atomic mass is 9.77. The SMILES string of the molecule is CC1(C)c2ccccc2-c2cccc(-c3c4ccccc4c(-c4cccc5ccccc45)c4ccncc34)c21. The maximum absolute atomic E-state index is 4.67. The lowest BCUT2D eigenvalue weighted by molar-refractivity contribution is 0.662. The van der Waals surface area contributed by atoms with Gasteiger partial charge in [-0.05, 0) is 77.5 Å². The van der Waals surface area contributed by atoms with Gasteiger partial charge in [-0.3, -0.25) is 4.98 Å². The van der Waals surface area contributed by atoms with Crippen LogP contribution in [-0.2, 0) is 5.41 Å². The summed E-state index contributed by atoms with van der Waals surface area (Å²) >= 11 is 0. The average molecular weight is 498 g/mol. The van der Waals surface area contributed by atoms with Crippen molar-refractivity contribution in [1.29, 1.82) is 0 Å². The number of hydrogen-bond donors (Lipinski definition) is 0. The van der Waals surface area contributed by atoms with Crippen molar-refractivity contribution in [2.45, 2.75) is 19.3 Å². The summed E-state index contributed by atoms with van der Waals surface area (Å²) in [5, 5.41) is 7.49. The maximum Gasteiger partial charge on any atom is 0.0353 e. The van der Waals surface area contributed by atoms with Gasteiger partial charge in [0, 0.05) is 23.2 Å². The third-order valence-corrected chi connectivity index (χ3v) is 8.73. The van der Waals surface area contributed by atoms with Crippen LogP contribution in [0.5, 0.6) is 0 Å². The molecule has 1 nitrogen and oxygen atoms in total. The first kappa shape index (κ1) is 22.3. The van der Waals surface area contributed by atoms with Gasteiger partial charge in [0.05, 0.1) is 0 Å². The second kappa shape index (κ2) is 8.12. The molecule has 0 bridgehead atoms. The van der Waals surface area contributed by atoms with Gasteiger partial charge in [0.15, 0.2) is 0 Å². The molecule has 1 heteroatoms. The Hall–Kier alpha value is -4.75. The molecule has 1 aliphatic carbocycles. The van der Waals surface area contributed by atoms with E-state index in [-0.39, 0.29) is 5.41 Å². The molecule has 0 atom stereocenters. The zero-order valence-electron chi connectivity index (χ0n) is 22.1. The van der Waals surface area contributed by atoms with Gasteiger partial charge in [0.25, 0.3) is 0 Å². The van der Waals surface area contributed by atoms with Crippen molar-refractivity contribution < 1.29 is 0 Å². The van der Waals surface area contributed by atoms with E-state index in [0.717, 1.165) is 0 Å². The highest BCUT2D eigenvalue weighted by Gasteiger charge is 2.37. The largest absolute Gasteiger partial charge is 0.264 e. The molecule has 1 heterocycles. The van der Waals surface area contributed by atoms with Crippen LogP contribution in [0.2, 0.25) is 0 Å². The number of benzene rings is 6. The molecule has 6 aromatic carbocycles. The van der Waals surface area contributed by atoms with Crippen molar-refractivity contribution in [3.8, 4) is 33.4 Å². The maximum atomic E-state index is 4.67. The van der Waals surface area contributed by atoms with E-state index in [0.29, 0.717) is 0 Å². The smallest absolute Gasteiger partial charge is 0.0353 e. The van der Waals surface area contributed by atoms with Crippen LogP contribution in [0.1, 0.15) is 25.0 Å². The first-order valence-corrected chi connectivity index (χ1v) is 13.6.